The molecule has 12 heavy (non-hydrogen) atoms. The molecule has 0 aromatic heterocycles. The van der Waals surface area contributed by atoms with Gasteiger partial charge in [0.25, 0.3) is 5.69 Å². The topological polar surface area (TPSA) is 69.2 Å². The summed E-state index contributed by atoms with van der Waals surface area (Å²) in [4.78, 5) is 9.98. The normalized spacial score (nSPS) is 9.83. The SMILES string of the molecule is Nc1cc(Br)c([N+](=O)[O-])c(Br)c1. The Balaban J connectivity index is 3.38. The van der Waals surface area contributed by atoms with E-state index in [4.69, 9.17) is 5.73 Å². The Morgan fingerprint density at radius 2 is 1.75 bits per heavy atom. The molecule has 6 heteroatoms. The molecule has 1 rings (SSSR count). The van der Waals surface area contributed by atoms with Crippen molar-refractivity contribution in [3.05, 3.63) is 31.2 Å². The Labute approximate surface area is 85.2 Å². The fourth-order valence-electron chi connectivity index (χ4n) is 0.760. The van der Waals surface area contributed by atoms with Crippen molar-refractivity contribution < 1.29 is 4.92 Å². The van der Waals surface area contributed by atoms with Gasteiger partial charge in [-0.15, -0.1) is 0 Å². The highest BCUT2D eigenvalue weighted by atomic mass is 79.9. The number of nitrogens with two attached hydrogens (primary N) is 1. The van der Waals surface area contributed by atoms with Gasteiger partial charge in [0.05, 0.1) is 13.9 Å². The second-order valence-electron chi connectivity index (χ2n) is 2.09. The summed E-state index contributed by atoms with van der Waals surface area (Å²) in [6, 6.07) is 2.98. The molecule has 2 N–H and O–H groups in total. The van der Waals surface area contributed by atoms with E-state index in [9.17, 15) is 10.1 Å². The molecule has 0 radical (unpaired) electrons. The molecule has 1 aromatic rings. The summed E-state index contributed by atoms with van der Waals surface area (Å²) >= 11 is 6.09. The van der Waals surface area contributed by atoms with Crippen LogP contribution in [-0.4, -0.2) is 4.92 Å². The van der Waals surface area contributed by atoms with Crippen LogP contribution in [0.15, 0.2) is 21.1 Å². The largest absolute Gasteiger partial charge is 0.399 e. The number of halogens is 2. The van der Waals surface area contributed by atoms with Gasteiger partial charge < -0.3 is 5.73 Å². The van der Waals surface area contributed by atoms with E-state index in [0.717, 1.165) is 0 Å². The number of nitro groups is 1. The van der Waals surface area contributed by atoms with Gasteiger partial charge in [-0.25, -0.2) is 0 Å². The zero-order chi connectivity index (χ0) is 9.30. The fourth-order valence-corrected chi connectivity index (χ4v) is 2.27. The van der Waals surface area contributed by atoms with Crippen LogP contribution in [0.3, 0.4) is 0 Å². The molecular weight excluding hydrogens is 292 g/mol. The number of nitrogen functional groups attached to an aromatic ring is 1. The first-order chi connectivity index (χ1) is 5.52. The highest BCUT2D eigenvalue weighted by molar-refractivity contribution is 9.11. The van der Waals surface area contributed by atoms with Gasteiger partial charge in [0.2, 0.25) is 0 Å². The number of hydrogen-bond donors (Lipinski definition) is 1. The van der Waals surface area contributed by atoms with Gasteiger partial charge in [-0.2, -0.15) is 0 Å². The Kier molecular flexibility index (Phi) is 2.69. The van der Waals surface area contributed by atoms with Crippen LogP contribution in [0.2, 0.25) is 0 Å². The maximum Gasteiger partial charge on any atom is 0.297 e. The molecule has 0 saturated carbocycles. The Morgan fingerprint density at radius 1 is 1.33 bits per heavy atom. The van der Waals surface area contributed by atoms with Crippen molar-refractivity contribution in [2.24, 2.45) is 0 Å². The standard InChI is InChI=1S/C6H4Br2N2O2/c7-4-1-3(9)2-5(8)6(4)10(11)12/h1-2H,9H2. The predicted molar refractivity (Wildman–Crippen MR) is 52.9 cm³/mol. The third-order valence-electron chi connectivity index (χ3n) is 1.22. The lowest BCUT2D eigenvalue weighted by atomic mass is 10.3. The van der Waals surface area contributed by atoms with Crippen LogP contribution in [0.1, 0.15) is 0 Å². The molecule has 0 aliphatic rings. The molecule has 0 aliphatic carbocycles. The molecule has 0 fully saturated rings. The monoisotopic (exact) mass is 294 g/mol. The van der Waals surface area contributed by atoms with E-state index in [1.165, 1.54) is 12.1 Å². The van der Waals surface area contributed by atoms with Crippen LogP contribution in [-0.2, 0) is 0 Å². The number of benzene rings is 1. The van der Waals surface area contributed by atoms with E-state index in [2.05, 4.69) is 31.9 Å². The minimum atomic E-state index is -0.479. The third-order valence-corrected chi connectivity index (χ3v) is 2.43. The van der Waals surface area contributed by atoms with Crippen molar-refractivity contribution >= 4 is 43.2 Å². The summed E-state index contributed by atoms with van der Waals surface area (Å²) in [5.74, 6) is 0. The number of anilines is 1. The van der Waals surface area contributed by atoms with E-state index < -0.39 is 4.92 Å². The van der Waals surface area contributed by atoms with Crippen molar-refractivity contribution in [1.82, 2.24) is 0 Å². The Morgan fingerprint density at radius 3 is 2.08 bits per heavy atom. The van der Waals surface area contributed by atoms with E-state index in [1.807, 2.05) is 0 Å². The second-order valence-corrected chi connectivity index (χ2v) is 3.80. The molecule has 0 amide bonds. The summed E-state index contributed by atoms with van der Waals surface area (Å²) in [7, 11) is 0. The van der Waals surface area contributed by atoms with Gasteiger partial charge in [0.15, 0.2) is 0 Å². The Bertz CT molecular complexity index is 317. The average molecular weight is 296 g/mol. The zero-order valence-corrected chi connectivity index (χ0v) is 8.92. The zero-order valence-electron chi connectivity index (χ0n) is 5.75. The van der Waals surface area contributed by atoms with Gasteiger partial charge in [0.1, 0.15) is 0 Å². The van der Waals surface area contributed by atoms with Crippen molar-refractivity contribution in [2.45, 2.75) is 0 Å². The van der Waals surface area contributed by atoms with Gasteiger partial charge in [-0.1, -0.05) is 0 Å². The third kappa shape index (κ3) is 1.75. The first kappa shape index (κ1) is 9.47. The number of hydrogen-bond acceptors (Lipinski definition) is 3. The highest BCUT2D eigenvalue weighted by Gasteiger charge is 2.16. The molecule has 0 unspecified atom stereocenters. The molecule has 64 valence electrons. The molecule has 0 aliphatic heterocycles. The van der Waals surface area contributed by atoms with Crippen LogP contribution in [0.25, 0.3) is 0 Å². The van der Waals surface area contributed by atoms with Crippen LogP contribution >= 0.6 is 31.9 Å². The van der Waals surface area contributed by atoms with Crippen LogP contribution in [0.5, 0.6) is 0 Å². The summed E-state index contributed by atoms with van der Waals surface area (Å²) in [6.07, 6.45) is 0. The van der Waals surface area contributed by atoms with E-state index in [0.29, 0.717) is 14.6 Å². The molecule has 4 nitrogen and oxygen atoms in total. The van der Waals surface area contributed by atoms with Crippen molar-refractivity contribution in [2.75, 3.05) is 5.73 Å². The number of rotatable bonds is 1. The van der Waals surface area contributed by atoms with Gasteiger partial charge >= 0.3 is 0 Å². The lowest BCUT2D eigenvalue weighted by Gasteiger charge is -1.99. The summed E-state index contributed by atoms with van der Waals surface area (Å²) in [5, 5.41) is 10.5. The molecule has 0 saturated heterocycles. The fraction of sp³-hybridized carbons (Fsp3) is 0. The maximum atomic E-state index is 10.5. The van der Waals surface area contributed by atoms with Crippen molar-refractivity contribution in [1.29, 1.82) is 0 Å². The van der Waals surface area contributed by atoms with E-state index in [1.54, 1.807) is 0 Å². The summed E-state index contributed by atoms with van der Waals surface area (Å²) in [5.41, 5.74) is 5.91. The first-order valence-electron chi connectivity index (χ1n) is 2.91. The van der Waals surface area contributed by atoms with Crippen molar-refractivity contribution in [3.63, 3.8) is 0 Å². The number of nitrogens with zero attached hydrogens (tertiary/aromatic N) is 1. The molecule has 0 atom stereocenters. The predicted octanol–water partition coefficient (Wildman–Crippen LogP) is 2.70. The van der Waals surface area contributed by atoms with Crippen molar-refractivity contribution in [3.8, 4) is 0 Å². The second kappa shape index (κ2) is 3.40. The highest BCUT2D eigenvalue weighted by Crippen LogP contribution is 2.34. The average Bonchev–Trinajstić information content (AvgIpc) is 1.82. The minimum Gasteiger partial charge on any atom is -0.399 e. The van der Waals surface area contributed by atoms with Crippen LogP contribution in [0.4, 0.5) is 11.4 Å². The molecule has 1 aromatic carbocycles. The lowest BCUT2D eigenvalue weighted by Crippen LogP contribution is -1.93. The number of nitro benzene ring substituents is 1. The molecule has 0 heterocycles. The summed E-state index contributed by atoms with van der Waals surface area (Å²) < 4.78 is 0.749. The lowest BCUT2D eigenvalue weighted by molar-refractivity contribution is -0.386. The maximum absolute atomic E-state index is 10.5. The molecule has 0 bridgehead atoms. The van der Waals surface area contributed by atoms with Crippen LogP contribution < -0.4 is 5.73 Å². The van der Waals surface area contributed by atoms with E-state index >= 15 is 0 Å². The van der Waals surface area contributed by atoms with Gasteiger partial charge in [-0.3, -0.25) is 10.1 Å². The first-order valence-corrected chi connectivity index (χ1v) is 4.50. The molecule has 0 spiro atoms. The van der Waals surface area contributed by atoms with E-state index in [-0.39, 0.29) is 5.69 Å². The van der Waals surface area contributed by atoms with Gasteiger partial charge in [-0.05, 0) is 44.0 Å². The Hall–Kier alpha value is -0.620. The van der Waals surface area contributed by atoms with Gasteiger partial charge in [0, 0.05) is 5.69 Å². The quantitative estimate of drug-likeness (QED) is 0.492. The summed E-state index contributed by atoms with van der Waals surface area (Å²) in [6.45, 7) is 0. The minimum absolute atomic E-state index is 0.01000. The van der Waals surface area contributed by atoms with Crippen LogP contribution in [0, 0.1) is 10.1 Å². The molecular formula is C6H4Br2N2O2. The smallest absolute Gasteiger partial charge is 0.297 e.